The van der Waals surface area contributed by atoms with Gasteiger partial charge in [0, 0.05) is 52.7 Å². The zero-order valence-electron chi connectivity index (χ0n) is 18.1. The molecule has 0 atom stereocenters. The van der Waals surface area contributed by atoms with E-state index in [0.29, 0.717) is 25.4 Å². The van der Waals surface area contributed by atoms with Crippen LogP contribution < -0.4 is 0 Å². The molecule has 1 fully saturated rings. The minimum Gasteiger partial charge on any atom is -0.377 e. The Morgan fingerprint density at radius 2 is 1.12 bits per heavy atom. The van der Waals surface area contributed by atoms with Gasteiger partial charge < -0.3 is 26.6 Å². The molecule has 0 heterocycles. The maximum atomic E-state index is 5.65. The van der Waals surface area contributed by atoms with E-state index < -0.39 is 17.6 Å². The van der Waals surface area contributed by atoms with E-state index >= 15 is 0 Å². The van der Waals surface area contributed by atoms with Crippen LogP contribution >= 0.6 is 0 Å². The molecule has 26 heavy (non-hydrogen) atoms. The Labute approximate surface area is 163 Å². The standard InChI is InChI=1S/C9H20O3Si.C9H22O3Si/c1-10-13(11-2,12-3)9-7-5-4-6-8-9;1-5-9-13(10-6-2,11-7-3)12-8-4/h9H,4-8H2,1-3H3;5-9H2,1-4H3. The first-order valence-electron chi connectivity index (χ1n) is 10.1. The lowest BCUT2D eigenvalue weighted by Gasteiger charge is -2.34. The minimum absolute atomic E-state index is 0.515. The van der Waals surface area contributed by atoms with Gasteiger partial charge in [-0.25, -0.2) is 0 Å². The molecule has 8 heteroatoms. The van der Waals surface area contributed by atoms with Gasteiger partial charge in [0.05, 0.1) is 0 Å². The third kappa shape index (κ3) is 8.47. The Bertz CT molecular complexity index is 285. The summed E-state index contributed by atoms with van der Waals surface area (Å²) in [5, 5.41) is 0. The van der Waals surface area contributed by atoms with Crippen LogP contribution in [0.25, 0.3) is 0 Å². The molecule has 158 valence electrons. The van der Waals surface area contributed by atoms with Gasteiger partial charge in [-0.1, -0.05) is 32.6 Å². The third-order valence-electron chi connectivity index (χ3n) is 4.61. The van der Waals surface area contributed by atoms with Gasteiger partial charge in [-0.3, -0.25) is 0 Å². The molecule has 0 saturated heterocycles. The predicted molar refractivity (Wildman–Crippen MR) is 109 cm³/mol. The second kappa shape index (κ2) is 15.2. The van der Waals surface area contributed by atoms with E-state index in [4.69, 9.17) is 26.6 Å². The summed E-state index contributed by atoms with van der Waals surface area (Å²) in [6.45, 7) is 10.1. The van der Waals surface area contributed by atoms with Gasteiger partial charge in [-0.2, -0.15) is 0 Å². The molecule has 6 nitrogen and oxygen atoms in total. The number of hydrogen-bond acceptors (Lipinski definition) is 6. The van der Waals surface area contributed by atoms with Gasteiger partial charge in [0.1, 0.15) is 0 Å². The summed E-state index contributed by atoms with van der Waals surface area (Å²) in [5.74, 6) is 0. The summed E-state index contributed by atoms with van der Waals surface area (Å²) >= 11 is 0. The summed E-state index contributed by atoms with van der Waals surface area (Å²) in [6, 6.07) is 0.919. The highest BCUT2D eigenvalue weighted by atomic mass is 28.4. The van der Waals surface area contributed by atoms with Crippen LogP contribution in [-0.2, 0) is 26.6 Å². The van der Waals surface area contributed by atoms with Crippen LogP contribution in [-0.4, -0.2) is 58.8 Å². The summed E-state index contributed by atoms with van der Waals surface area (Å²) in [6.07, 6.45) is 7.36. The Morgan fingerprint density at radius 3 is 1.42 bits per heavy atom. The van der Waals surface area contributed by atoms with Crippen LogP contribution in [0.5, 0.6) is 0 Å². The molecular weight excluding hydrogens is 368 g/mol. The smallest absolute Gasteiger partial charge is 0.377 e. The normalized spacial score (nSPS) is 16.3. The van der Waals surface area contributed by atoms with Crippen molar-refractivity contribution in [2.24, 2.45) is 0 Å². The van der Waals surface area contributed by atoms with Crippen molar-refractivity contribution >= 4 is 17.6 Å². The Hall–Kier alpha value is 0.194. The summed E-state index contributed by atoms with van der Waals surface area (Å²) in [5.41, 5.74) is 0.515. The molecule has 0 unspecified atom stereocenters. The molecule has 0 amide bonds. The van der Waals surface area contributed by atoms with Gasteiger partial charge in [0.25, 0.3) is 0 Å². The Balaban J connectivity index is 0.000000481. The van der Waals surface area contributed by atoms with Crippen LogP contribution in [0.3, 0.4) is 0 Å². The van der Waals surface area contributed by atoms with E-state index in [-0.39, 0.29) is 0 Å². The fourth-order valence-corrected chi connectivity index (χ4v) is 8.74. The van der Waals surface area contributed by atoms with Crippen LogP contribution in [0, 0.1) is 0 Å². The van der Waals surface area contributed by atoms with E-state index in [1.807, 2.05) is 20.8 Å². The quantitative estimate of drug-likeness (QED) is 0.437. The minimum atomic E-state index is -2.32. The fraction of sp³-hybridized carbons (Fsp3) is 1.00. The molecule has 0 aliphatic heterocycles. The van der Waals surface area contributed by atoms with E-state index in [1.54, 1.807) is 21.3 Å². The lowest BCUT2D eigenvalue weighted by molar-refractivity contribution is 0.0711. The van der Waals surface area contributed by atoms with E-state index in [9.17, 15) is 0 Å². The van der Waals surface area contributed by atoms with Gasteiger partial charge in [0.15, 0.2) is 0 Å². The highest BCUT2D eigenvalue weighted by molar-refractivity contribution is 6.62. The van der Waals surface area contributed by atoms with Crippen LogP contribution in [0.2, 0.25) is 11.6 Å². The average Bonchev–Trinajstić information content (AvgIpc) is 2.66. The maximum Gasteiger partial charge on any atom is 0.503 e. The van der Waals surface area contributed by atoms with Crippen molar-refractivity contribution in [3.63, 3.8) is 0 Å². The third-order valence-corrected chi connectivity index (χ3v) is 11.2. The highest BCUT2D eigenvalue weighted by Crippen LogP contribution is 2.37. The van der Waals surface area contributed by atoms with Gasteiger partial charge in [-0.15, -0.1) is 0 Å². The molecule has 1 aliphatic carbocycles. The van der Waals surface area contributed by atoms with E-state index in [2.05, 4.69) is 6.92 Å². The molecule has 0 spiro atoms. The first-order chi connectivity index (χ1) is 12.5. The van der Waals surface area contributed by atoms with Crippen LogP contribution in [0.1, 0.15) is 66.2 Å². The van der Waals surface area contributed by atoms with Crippen LogP contribution in [0.4, 0.5) is 0 Å². The highest BCUT2D eigenvalue weighted by Gasteiger charge is 2.47. The van der Waals surface area contributed by atoms with E-state index in [1.165, 1.54) is 32.1 Å². The van der Waals surface area contributed by atoms with Gasteiger partial charge >= 0.3 is 17.6 Å². The molecule has 0 radical (unpaired) electrons. The Kier molecular flexibility index (Phi) is 15.3. The second-order valence-electron chi connectivity index (χ2n) is 6.28. The largest absolute Gasteiger partial charge is 0.503 e. The van der Waals surface area contributed by atoms with Gasteiger partial charge in [-0.05, 0) is 33.6 Å². The SMILES string of the molecule is CCC[Si](OCC)(OCC)OCC.CO[Si](OC)(OC)C1CCCCC1. The number of rotatable bonds is 12. The Morgan fingerprint density at radius 1 is 0.692 bits per heavy atom. The van der Waals surface area contributed by atoms with Crippen molar-refractivity contribution in [2.45, 2.75) is 77.8 Å². The van der Waals surface area contributed by atoms with Crippen molar-refractivity contribution in [2.75, 3.05) is 41.2 Å². The molecule has 1 aliphatic rings. The fourth-order valence-electron chi connectivity index (χ4n) is 3.51. The zero-order chi connectivity index (χ0) is 19.9. The summed E-state index contributed by atoms with van der Waals surface area (Å²) in [4.78, 5) is 0. The second-order valence-corrected chi connectivity index (χ2v) is 12.3. The van der Waals surface area contributed by atoms with Crippen molar-refractivity contribution < 1.29 is 26.6 Å². The first-order valence-corrected chi connectivity index (χ1v) is 13.8. The molecule has 0 aromatic carbocycles. The molecular formula is C18H42O6Si2. The first kappa shape index (κ1) is 26.2. The number of hydrogen-bond donors (Lipinski definition) is 0. The molecule has 0 aromatic heterocycles. The van der Waals surface area contributed by atoms with Crippen molar-refractivity contribution in [3.05, 3.63) is 0 Å². The molecule has 0 bridgehead atoms. The monoisotopic (exact) mass is 410 g/mol. The summed E-state index contributed by atoms with van der Waals surface area (Å²) in [7, 11) is 0.495. The zero-order valence-corrected chi connectivity index (χ0v) is 20.1. The van der Waals surface area contributed by atoms with Crippen molar-refractivity contribution in [1.82, 2.24) is 0 Å². The molecule has 0 aromatic rings. The van der Waals surface area contributed by atoms with Crippen molar-refractivity contribution in [1.29, 1.82) is 0 Å². The van der Waals surface area contributed by atoms with Gasteiger partial charge in [0.2, 0.25) is 0 Å². The molecule has 1 rings (SSSR count). The molecule has 1 saturated carbocycles. The predicted octanol–water partition coefficient (Wildman–Crippen LogP) is 4.64. The lowest BCUT2D eigenvalue weighted by atomic mass is 10.0. The molecule has 0 N–H and O–H groups in total. The van der Waals surface area contributed by atoms with Crippen molar-refractivity contribution in [3.8, 4) is 0 Å². The summed E-state index contributed by atoms with van der Waals surface area (Å²) < 4.78 is 33.3. The maximum absolute atomic E-state index is 5.65. The van der Waals surface area contributed by atoms with E-state index in [0.717, 1.165) is 12.5 Å². The average molecular weight is 411 g/mol. The van der Waals surface area contributed by atoms with Crippen LogP contribution in [0.15, 0.2) is 0 Å². The topological polar surface area (TPSA) is 55.4 Å². The lowest BCUT2D eigenvalue weighted by Crippen LogP contribution is -2.48.